The number of nitrogens with one attached hydrogen (secondary N) is 1. The van der Waals surface area contributed by atoms with E-state index in [4.69, 9.17) is 9.47 Å². The molecule has 1 aromatic rings. The van der Waals surface area contributed by atoms with Crippen LogP contribution in [-0.2, 0) is 13.0 Å². The monoisotopic (exact) mass is 261 g/mol. The molecule has 1 fully saturated rings. The van der Waals surface area contributed by atoms with Crippen molar-refractivity contribution < 1.29 is 9.47 Å². The summed E-state index contributed by atoms with van der Waals surface area (Å²) in [5.74, 6) is 2.87. The molecule has 1 saturated carbocycles. The van der Waals surface area contributed by atoms with Crippen LogP contribution in [0.15, 0.2) is 12.1 Å². The summed E-state index contributed by atoms with van der Waals surface area (Å²) in [5, 5.41) is 3.59. The van der Waals surface area contributed by atoms with Gasteiger partial charge >= 0.3 is 0 Å². The molecule has 1 heterocycles. The Morgan fingerprint density at radius 3 is 2.84 bits per heavy atom. The lowest BCUT2D eigenvalue weighted by molar-refractivity contribution is 0.254. The number of hydrogen-bond acceptors (Lipinski definition) is 3. The van der Waals surface area contributed by atoms with Crippen LogP contribution in [0.2, 0.25) is 0 Å². The van der Waals surface area contributed by atoms with Crippen LogP contribution in [0.3, 0.4) is 0 Å². The maximum atomic E-state index is 5.84. The third-order valence-electron chi connectivity index (χ3n) is 4.04. The van der Waals surface area contributed by atoms with Gasteiger partial charge in [-0.2, -0.15) is 0 Å². The Morgan fingerprint density at radius 1 is 1.37 bits per heavy atom. The summed E-state index contributed by atoms with van der Waals surface area (Å²) in [7, 11) is 0. The van der Waals surface area contributed by atoms with E-state index in [-0.39, 0.29) is 6.10 Å². The average molecular weight is 261 g/mol. The number of benzene rings is 1. The molecule has 0 saturated heterocycles. The molecular weight excluding hydrogens is 238 g/mol. The SMILES string of the molecule is CCOc1cc2c(cc1CNC1CC1C)OC(C)C2. The van der Waals surface area contributed by atoms with Crippen molar-refractivity contribution >= 4 is 0 Å². The van der Waals surface area contributed by atoms with Crippen molar-refractivity contribution in [1.82, 2.24) is 5.32 Å². The number of fused-ring (bicyclic) bond motifs is 1. The molecule has 1 aromatic carbocycles. The van der Waals surface area contributed by atoms with Crippen molar-refractivity contribution in [2.45, 2.75) is 52.3 Å². The van der Waals surface area contributed by atoms with Crippen LogP contribution >= 0.6 is 0 Å². The van der Waals surface area contributed by atoms with Crippen molar-refractivity contribution in [3.63, 3.8) is 0 Å². The van der Waals surface area contributed by atoms with Crippen molar-refractivity contribution in [3.8, 4) is 11.5 Å². The van der Waals surface area contributed by atoms with E-state index in [1.807, 2.05) is 6.92 Å². The standard InChI is InChI=1S/C16H23NO2/c1-4-18-15-7-12-6-11(3)19-16(12)8-13(15)9-17-14-5-10(14)2/h7-8,10-11,14,17H,4-6,9H2,1-3H3. The third kappa shape index (κ3) is 2.71. The summed E-state index contributed by atoms with van der Waals surface area (Å²) in [6.07, 6.45) is 2.57. The fraction of sp³-hybridized carbons (Fsp3) is 0.625. The molecule has 0 amide bonds. The van der Waals surface area contributed by atoms with Crippen LogP contribution in [0.5, 0.6) is 11.5 Å². The maximum Gasteiger partial charge on any atom is 0.124 e. The van der Waals surface area contributed by atoms with Gasteiger partial charge in [-0.1, -0.05) is 6.92 Å². The summed E-state index contributed by atoms with van der Waals surface area (Å²) < 4.78 is 11.6. The Morgan fingerprint density at radius 2 is 2.16 bits per heavy atom. The molecular formula is C16H23NO2. The molecule has 0 spiro atoms. The molecule has 0 radical (unpaired) electrons. The van der Waals surface area contributed by atoms with E-state index >= 15 is 0 Å². The van der Waals surface area contributed by atoms with Crippen molar-refractivity contribution in [3.05, 3.63) is 23.3 Å². The number of ether oxygens (including phenoxy) is 2. The molecule has 1 aliphatic heterocycles. The van der Waals surface area contributed by atoms with Gasteiger partial charge in [0, 0.05) is 30.1 Å². The van der Waals surface area contributed by atoms with Gasteiger partial charge in [-0.3, -0.25) is 0 Å². The van der Waals surface area contributed by atoms with Crippen LogP contribution in [0, 0.1) is 5.92 Å². The molecule has 0 bridgehead atoms. The van der Waals surface area contributed by atoms with Gasteiger partial charge in [0.1, 0.15) is 17.6 Å². The predicted octanol–water partition coefficient (Wildman–Crippen LogP) is 2.91. The zero-order valence-corrected chi connectivity index (χ0v) is 12.0. The zero-order valence-electron chi connectivity index (χ0n) is 12.0. The average Bonchev–Trinajstić information content (AvgIpc) is 2.94. The predicted molar refractivity (Wildman–Crippen MR) is 75.8 cm³/mol. The molecule has 1 N–H and O–H groups in total. The van der Waals surface area contributed by atoms with Gasteiger partial charge in [0.05, 0.1) is 6.61 Å². The van der Waals surface area contributed by atoms with E-state index in [0.717, 1.165) is 30.4 Å². The second-order valence-electron chi connectivity index (χ2n) is 5.83. The molecule has 3 rings (SSSR count). The van der Waals surface area contributed by atoms with Crippen LogP contribution < -0.4 is 14.8 Å². The van der Waals surface area contributed by atoms with Crippen LogP contribution in [-0.4, -0.2) is 18.8 Å². The van der Waals surface area contributed by atoms with Gasteiger partial charge in [0.25, 0.3) is 0 Å². The Balaban J connectivity index is 1.78. The summed E-state index contributed by atoms with van der Waals surface area (Å²) in [5.41, 5.74) is 2.49. The highest BCUT2D eigenvalue weighted by Crippen LogP contribution is 2.36. The normalized spacial score (nSPS) is 27.8. The zero-order chi connectivity index (χ0) is 13.4. The Bertz CT molecular complexity index is 472. The van der Waals surface area contributed by atoms with Gasteiger partial charge in [0.2, 0.25) is 0 Å². The van der Waals surface area contributed by atoms with Gasteiger partial charge in [-0.05, 0) is 38.3 Å². The van der Waals surface area contributed by atoms with Gasteiger partial charge in [-0.25, -0.2) is 0 Å². The summed E-state index contributed by atoms with van der Waals surface area (Å²) >= 11 is 0. The van der Waals surface area contributed by atoms with Crippen molar-refractivity contribution in [2.75, 3.05) is 6.61 Å². The molecule has 0 aromatic heterocycles. The maximum absolute atomic E-state index is 5.84. The molecule has 3 atom stereocenters. The summed E-state index contributed by atoms with van der Waals surface area (Å²) in [4.78, 5) is 0. The van der Waals surface area contributed by atoms with E-state index < -0.39 is 0 Å². The van der Waals surface area contributed by atoms with E-state index in [9.17, 15) is 0 Å². The number of hydrogen-bond donors (Lipinski definition) is 1. The third-order valence-corrected chi connectivity index (χ3v) is 4.04. The molecule has 3 unspecified atom stereocenters. The minimum absolute atomic E-state index is 0.288. The first kappa shape index (κ1) is 12.8. The Hall–Kier alpha value is -1.22. The summed E-state index contributed by atoms with van der Waals surface area (Å²) in [6, 6.07) is 5.00. The molecule has 104 valence electrons. The Kier molecular flexibility index (Phi) is 3.40. The van der Waals surface area contributed by atoms with Crippen LogP contribution in [0.4, 0.5) is 0 Å². The van der Waals surface area contributed by atoms with E-state index in [2.05, 4.69) is 31.3 Å². The first-order chi connectivity index (χ1) is 9.17. The van der Waals surface area contributed by atoms with Gasteiger partial charge < -0.3 is 14.8 Å². The fourth-order valence-electron chi connectivity index (χ4n) is 2.76. The first-order valence-electron chi connectivity index (χ1n) is 7.36. The lowest BCUT2D eigenvalue weighted by Gasteiger charge is -2.13. The quantitative estimate of drug-likeness (QED) is 0.884. The lowest BCUT2D eigenvalue weighted by Crippen LogP contribution is -2.17. The number of rotatable bonds is 5. The van der Waals surface area contributed by atoms with E-state index in [1.54, 1.807) is 0 Å². The van der Waals surface area contributed by atoms with Crippen molar-refractivity contribution in [1.29, 1.82) is 0 Å². The molecule has 2 aliphatic rings. The fourth-order valence-corrected chi connectivity index (χ4v) is 2.76. The van der Waals surface area contributed by atoms with Gasteiger partial charge in [0.15, 0.2) is 0 Å². The van der Waals surface area contributed by atoms with Crippen LogP contribution in [0.25, 0.3) is 0 Å². The Labute approximate surface area is 115 Å². The minimum Gasteiger partial charge on any atom is -0.494 e. The molecule has 3 nitrogen and oxygen atoms in total. The van der Waals surface area contributed by atoms with E-state index in [0.29, 0.717) is 12.6 Å². The lowest BCUT2D eigenvalue weighted by atomic mass is 10.1. The van der Waals surface area contributed by atoms with Crippen molar-refractivity contribution in [2.24, 2.45) is 5.92 Å². The summed E-state index contributed by atoms with van der Waals surface area (Å²) in [6.45, 7) is 8.02. The van der Waals surface area contributed by atoms with Crippen LogP contribution in [0.1, 0.15) is 38.3 Å². The topological polar surface area (TPSA) is 30.5 Å². The van der Waals surface area contributed by atoms with Gasteiger partial charge in [-0.15, -0.1) is 0 Å². The highest BCUT2D eigenvalue weighted by atomic mass is 16.5. The van der Waals surface area contributed by atoms with E-state index in [1.165, 1.54) is 17.5 Å². The highest BCUT2D eigenvalue weighted by molar-refractivity contribution is 5.48. The second-order valence-corrected chi connectivity index (χ2v) is 5.83. The highest BCUT2D eigenvalue weighted by Gasteiger charge is 2.32. The second kappa shape index (κ2) is 5.04. The molecule has 19 heavy (non-hydrogen) atoms. The molecule has 3 heteroatoms. The largest absolute Gasteiger partial charge is 0.494 e. The first-order valence-corrected chi connectivity index (χ1v) is 7.36. The minimum atomic E-state index is 0.288. The molecule has 1 aliphatic carbocycles. The smallest absolute Gasteiger partial charge is 0.124 e.